The molecule has 4 heteroatoms. The summed E-state index contributed by atoms with van der Waals surface area (Å²) in [5.41, 5.74) is 0.886. The van der Waals surface area contributed by atoms with E-state index >= 15 is 0 Å². The Kier molecular flexibility index (Phi) is 2.60. The Hall–Kier alpha value is -1.55. The number of thiophene rings is 1. The molecule has 0 amide bonds. The minimum absolute atomic E-state index is 0.572. The van der Waals surface area contributed by atoms with Crippen molar-refractivity contribution < 1.29 is 9.90 Å². The van der Waals surface area contributed by atoms with Crippen molar-refractivity contribution in [2.75, 3.05) is 5.32 Å². The number of hydrogen-bond donors (Lipinski definition) is 2. The number of nitrogens with one attached hydrogen (secondary N) is 1. The lowest BCUT2D eigenvalue weighted by molar-refractivity contribution is -0.137. The van der Waals surface area contributed by atoms with Crippen molar-refractivity contribution in [2.24, 2.45) is 0 Å². The summed E-state index contributed by atoms with van der Waals surface area (Å²) in [7, 11) is 0. The van der Waals surface area contributed by atoms with Crippen LogP contribution in [-0.2, 0) is 4.79 Å². The zero-order valence-electron chi connectivity index (χ0n) is 8.23. The van der Waals surface area contributed by atoms with Crippen LogP contribution in [0, 0.1) is 0 Å². The second-order valence-electron chi connectivity index (χ2n) is 3.35. The van der Waals surface area contributed by atoms with Crippen molar-refractivity contribution in [1.82, 2.24) is 0 Å². The molecule has 0 aliphatic rings. The van der Waals surface area contributed by atoms with E-state index in [2.05, 4.69) is 5.32 Å². The molecule has 2 rings (SSSR count). The zero-order chi connectivity index (χ0) is 10.8. The van der Waals surface area contributed by atoms with Gasteiger partial charge in [0.25, 0.3) is 0 Å². The Morgan fingerprint density at radius 2 is 2.27 bits per heavy atom. The van der Waals surface area contributed by atoms with Gasteiger partial charge in [0, 0.05) is 0 Å². The van der Waals surface area contributed by atoms with Gasteiger partial charge in [-0.15, -0.1) is 11.3 Å². The van der Waals surface area contributed by atoms with E-state index in [1.807, 2.05) is 29.6 Å². The van der Waals surface area contributed by atoms with Gasteiger partial charge in [-0.05, 0) is 29.8 Å². The summed E-state index contributed by atoms with van der Waals surface area (Å²) in [4.78, 5) is 10.7. The third-order valence-electron chi connectivity index (χ3n) is 2.22. The van der Waals surface area contributed by atoms with E-state index in [-0.39, 0.29) is 0 Å². The Morgan fingerprint density at radius 3 is 3.00 bits per heavy atom. The summed E-state index contributed by atoms with van der Waals surface area (Å²) in [6, 6.07) is 7.29. The highest BCUT2D eigenvalue weighted by atomic mass is 32.1. The molecule has 0 aliphatic heterocycles. The van der Waals surface area contributed by atoms with Gasteiger partial charge in [-0.25, -0.2) is 0 Å². The lowest BCUT2D eigenvalue weighted by Crippen LogP contribution is -2.25. The van der Waals surface area contributed by atoms with Gasteiger partial charge in [0.1, 0.15) is 6.04 Å². The van der Waals surface area contributed by atoms with Gasteiger partial charge in [-0.3, -0.25) is 4.79 Å². The molecule has 1 unspecified atom stereocenters. The van der Waals surface area contributed by atoms with E-state index in [0.29, 0.717) is 0 Å². The SMILES string of the molecule is CC(Nc1cccc2ccsc12)C(=O)O. The van der Waals surface area contributed by atoms with Crippen LogP contribution < -0.4 is 5.32 Å². The van der Waals surface area contributed by atoms with Crippen LogP contribution in [-0.4, -0.2) is 17.1 Å². The first-order valence-corrected chi connectivity index (χ1v) is 5.52. The quantitative estimate of drug-likeness (QED) is 0.837. The van der Waals surface area contributed by atoms with E-state index in [1.54, 1.807) is 18.3 Å². The van der Waals surface area contributed by atoms with Crippen LogP contribution in [0.15, 0.2) is 29.6 Å². The molecule has 2 aromatic rings. The number of aliphatic carboxylic acids is 1. The normalized spacial score (nSPS) is 12.6. The predicted molar refractivity (Wildman–Crippen MR) is 62.5 cm³/mol. The van der Waals surface area contributed by atoms with Gasteiger partial charge in [0.2, 0.25) is 0 Å². The molecule has 3 nitrogen and oxygen atoms in total. The van der Waals surface area contributed by atoms with E-state index in [1.165, 1.54) is 0 Å². The third kappa shape index (κ3) is 1.94. The fourth-order valence-electron chi connectivity index (χ4n) is 1.40. The molecule has 0 aliphatic carbocycles. The number of anilines is 1. The number of carbonyl (C=O) groups is 1. The van der Waals surface area contributed by atoms with Crippen LogP contribution in [0.4, 0.5) is 5.69 Å². The second kappa shape index (κ2) is 3.90. The molecular weight excluding hydrogens is 210 g/mol. The Balaban J connectivity index is 2.35. The summed E-state index contributed by atoms with van der Waals surface area (Å²) < 4.78 is 1.10. The van der Waals surface area contributed by atoms with Crippen LogP contribution in [0.2, 0.25) is 0 Å². The Bertz CT molecular complexity index is 492. The van der Waals surface area contributed by atoms with Gasteiger partial charge in [0.05, 0.1) is 10.4 Å². The van der Waals surface area contributed by atoms with Crippen LogP contribution >= 0.6 is 11.3 Å². The third-order valence-corrected chi connectivity index (χ3v) is 3.18. The first kappa shape index (κ1) is 9.98. The summed E-state index contributed by atoms with van der Waals surface area (Å²) in [5.74, 6) is -0.844. The van der Waals surface area contributed by atoms with Gasteiger partial charge in [0.15, 0.2) is 0 Å². The number of carboxylic acid groups (broad SMARTS) is 1. The fraction of sp³-hybridized carbons (Fsp3) is 0.182. The molecule has 1 aromatic heterocycles. The molecular formula is C11H11NO2S. The predicted octanol–water partition coefficient (Wildman–Crippen LogP) is 2.79. The molecule has 1 heterocycles. The average Bonchev–Trinajstić information content (AvgIpc) is 2.66. The smallest absolute Gasteiger partial charge is 0.325 e. The van der Waals surface area contributed by atoms with E-state index in [9.17, 15) is 4.79 Å². The molecule has 0 saturated heterocycles. The van der Waals surface area contributed by atoms with Gasteiger partial charge < -0.3 is 10.4 Å². The van der Waals surface area contributed by atoms with Gasteiger partial charge in [-0.1, -0.05) is 12.1 Å². The minimum atomic E-state index is -0.844. The number of rotatable bonds is 3. The standard InChI is InChI=1S/C11H11NO2S/c1-7(11(13)14)12-9-4-2-3-8-5-6-15-10(8)9/h2-7,12H,1H3,(H,13,14). The molecule has 0 bridgehead atoms. The molecule has 1 aromatic carbocycles. The zero-order valence-corrected chi connectivity index (χ0v) is 9.04. The second-order valence-corrected chi connectivity index (χ2v) is 4.26. The van der Waals surface area contributed by atoms with Crippen molar-refractivity contribution in [1.29, 1.82) is 0 Å². The van der Waals surface area contributed by atoms with E-state index in [4.69, 9.17) is 5.11 Å². The average molecular weight is 221 g/mol. The number of hydrogen-bond acceptors (Lipinski definition) is 3. The van der Waals surface area contributed by atoms with Crippen molar-refractivity contribution in [2.45, 2.75) is 13.0 Å². The maximum atomic E-state index is 10.7. The van der Waals surface area contributed by atoms with Crippen LogP contribution in [0.3, 0.4) is 0 Å². The van der Waals surface area contributed by atoms with Crippen LogP contribution in [0.1, 0.15) is 6.92 Å². The molecule has 0 spiro atoms. The van der Waals surface area contributed by atoms with Crippen LogP contribution in [0.25, 0.3) is 10.1 Å². The highest BCUT2D eigenvalue weighted by molar-refractivity contribution is 7.17. The lowest BCUT2D eigenvalue weighted by Gasteiger charge is -2.11. The number of fused-ring (bicyclic) bond motifs is 1. The molecule has 0 radical (unpaired) electrons. The van der Waals surface area contributed by atoms with Gasteiger partial charge in [-0.2, -0.15) is 0 Å². The Labute approximate surface area is 91.4 Å². The summed E-state index contributed by atoms with van der Waals surface area (Å²) in [6.07, 6.45) is 0. The van der Waals surface area contributed by atoms with Crippen molar-refractivity contribution in [3.8, 4) is 0 Å². The van der Waals surface area contributed by atoms with E-state index in [0.717, 1.165) is 15.8 Å². The fourth-order valence-corrected chi connectivity index (χ4v) is 2.28. The first-order chi connectivity index (χ1) is 7.18. The highest BCUT2D eigenvalue weighted by Crippen LogP contribution is 2.28. The van der Waals surface area contributed by atoms with Crippen molar-refractivity contribution >= 4 is 33.1 Å². The number of benzene rings is 1. The van der Waals surface area contributed by atoms with Crippen molar-refractivity contribution in [3.05, 3.63) is 29.6 Å². The summed E-state index contributed by atoms with van der Waals surface area (Å²) in [6.45, 7) is 1.63. The topological polar surface area (TPSA) is 49.3 Å². The molecule has 0 fully saturated rings. The molecule has 15 heavy (non-hydrogen) atoms. The first-order valence-electron chi connectivity index (χ1n) is 4.64. The largest absolute Gasteiger partial charge is 0.480 e. The van der Waals surface area contributed by atoms with Crippen molar-refractivity contribution in [3.63, 3.8) is 0 Å². The summed E-state index contributed by atoms with van der Waals surface area (Å²) >= 11 is 1.61. The van der Waals surface area contributed by atoms with Crippen LogP contribution in [0.5, 0.6) is 0 Å². The number of carboxylic acids is 1. The molecule has 2 N–H and O–H groups in total. The highest BCUT2D eigenvalue weighted by Gasteiger charge is 2.11. The van der Waals surface area contributed by atoms with E-state index < -0.39 is 12.0 Å². The molecule has 1 atom stereocenters. The maximum Gasteiger partial charge on any atom is 0.325 e. The monoisotopic (exact) mass is 221 g/mol. The Morgan fingerprint density at radius 1 is 1.47 bits per heavy atom. The maximum absolute atomic E-state index is 10.7. The molecule has 0 saturated carbocycles. The summed E-state index contributed by atoms with van der Waals surface area (Å²) in [5, 5.41) is 14.9. The minimum Gasteiger partial charge on any atom is -0.480 e. The van der Waals surface area contributed by atoms with Gasteiger partial charge >= 0.3 is 5.97 Å². The lowest BCUT2D eigenvalue weighted by atomic mass is 10.2. The molecule has 78 valence electrons.